The van der Waals surface area contributed by atoms with Crippen LogP contribution in [0.4, 0.5) is 0 Å². The Morgan fingerprint density at radius 2 is 0.618 bits per heavy atom. The molecule has 0 fully saturated rings. The van der Waals surface area contributed by atoms with Crippen LogP contribution in [0.2, 0.25) is 0 Å². The second-order valence-electron chi connectivity index (χ2n) is 23.2. The Kier molecular flexibility index (Phi) is 10.4. The van der Waals surface area contributed by atoms with E-state index in [0.717, 1.165) is 141 Å². The standard InChI is InChI=1S/C82H46N6S/c83-47-65-78(85-67-36-12-5-27-56(67)57-28-6-13-37-68(57)85)79(86-69-38-14-7-29-58(69)59-30-8-15-39-70(59)86)66(48-84)81(80(65)87-71-40-16-9-31-60(71)61-32-10-17-41-72(61)87)88-73-44-43-63-62-33-11-18-42-75(62)89-82(63)77(73)76-64(55-35-20-24-50-22-2-4-26-53(50)55)45-51(46-74(76)88)54-34-19-23-49-21-1-3-25-52(49)54/h1-46H. The molecule has 89 heavy (non-hydrogen) atoms. The summed E-state index contributed by atoms with van der Waals surface area (Å²) < 4.78 is 11.6. The molecule has 0 amide bonds. The molecule has 6 nitrogen and oxygen atoms in total. The van der Waals surface area contributed by atoms with E-state index in [0.29, 0.717) is 33.9 Å². The van der Waals surface area contributed by atoms with Crippen LogP contribution in [0.3, 0.4) is 0 Å². The lowest BCUT2D eigenvalue weighted by Gasteiger charge is -2.27. The second-order valence-corrected chi connectivity index (χ2v) is 24.3. The van der Waals surface area contributed by atoms with Crippen LogP contribution in [0, 0.1) is 22.7 Å². The quantitative estimate of drug-likeness (QED) is 0.166. The van der Waals surface area contributed by atoms with Gasteiger partial charge in [-0.25, -0.2) is 0 Å². The van der Waals surface area contributed by atoms with Gasteiger partial charge in [-0.3, -0.25) is 0 Å². The second kappa shape index (κ2) is 18.7. The summed E-state index contributed by atoms with van der Waals surface area (Å²) >= 11 is 1.81. The van der Waals surface area contributed by atoms with Gasteiger partial charge in [0.15, 0.2) is 0 Å². The monoisotopic (exact) mass is 1150 g/mol. The molecule has 5 aromatic heterocycles. The molecular weight excluding hydrogens is 1100 g/mol. The Labute approximate surface area is 513 Å². The number of hydrogen-bond acceptors (Lipinski definition) is 3. The molecule has 0 aliphatic heterocycles. The van der Waals surface area contributed by atoms with Crippen LogP contribution in [-0.4, -0.2) is 18.3 Å². The van der Waals surface area contributed by atoms with Gasteiger partial charge in [0, 0.05) is 63.3 Å². The number of benzene rings is 14. The Morgan fingerprint density at radius 1 is 0.258 bits per heavy atom. The van der Waals surface area contributed by atoms with Crippen molar-refractivity contribution in [3.8, 4) is 57.1 Å². The number of aromatic nitrogens is 4. The van der Waals surface area contributed by atoms with Gasteiger partial charge >= 0.3 is 0 Å². The van der Waals surface area contributed by atoms with Crippen molar-refractivity contribution in [1.29, 1.82) is 10.5 Å². The molecule has 0 spiro atoms. The number of nitrogens with zero attached hydrogens (tertiary/aromatic N) is 6. The summed E-state index contributed by atoms with van der Waals surface area (Å²) in [7, 11) is 0. The van der Waals surface area contributed by atoms with Gasteiger partial charge in [0.2, 0.25) is 0 Å². The van der Waals surface area contributed by atoms with Crippen molar-refractivity contribution in [3.05, 3.63) is 290 Å². The third-order valence-electron chi connectivity index (χ3n) is 18.8. The van der Waals surface area contributed by atoms with Gasteiger partial charge in [0.1, 0.15) is 23.3 Å². The van der Waals surface area contributed by atoms with Gasteiger partial charge in [-0.1, -0.05) is 218 Å². The van der Waals surface area contributed by atoms with E-state index in [1.165, 1.54) is 10.1 Å². The van der Waals surface area contributed by atoms with Crippen LogP contribution in [0.25, 0.3) is 174 Å². The minimum atomic E-state index is 0.404. The molecule has 14 aromatic carbocycles. The van der Waals surface area contributed by atoms with Crippen molar-refractivity contribution in [2.24, 2.45) is 0 Å². The third kappa shape index (κ3) is 6.77. The van der Waals surface area contributed by atoms with Crippen molar-refractivity contribution in [2.75, 3.05) is 0 Å². The predicted octanol–water partition coefficient (Wildman–Crippen LogP) is 21.8. The van der Waals surface area contributed by atoms with E-state index in [1.807, 2.05) is 11.3 Å². The fraction of sp³-hybridized carbons (Fsp3) is 0. The van der Waals surface area contributed by atoms with Gasteiger partial charge in [-0.05, 0) is 104 Å². The summed E-state index contributed by atoms with van der Waals surface area (Å²) in [6.07, 6.45) is 0. The van der Waals surface area contributed by atoms with Crippen molar-refractivity contribution in [1.82, 2.24) is 18.3 Å². The van der Waals surface area contributed by atoms with Crippen LogP contribution < -0.4 is 0 Å². The van der Waals surface area contributed by atoms with Gasteiger partial charge in [-0.15, -0.1) is 11.3 Å². The van der Waals surface area contributed by atoms with E-state index in [9.17, 15) is 10.5 Å². The summed E-state index contributed by atoms with van der Waals surface area (Å²) in [6, 6.07) is 106. The highest BCUT2D eigenvalue weighted by Gasteiger charge is 2.35. The van der Waals surface area contributed by atoms with E-state index in [-0.39, 0.29) is 0 Å². The van der Waals surface area contributed by atoms with Gasteiger partial charge < -0.3 is 18.3 Å². The molecule has 7 heteroatoms. The molecule has 410 valence electrons. The Balaban J connectivity index is 1.13. The zero-order chi connectivity index (χ0) is 58.6. The van der Waals surface area contributed by atoms with Crippen LogP contribution in [0.15, 0.2) is 279 Å². The van der Waals surface area contributed by atoms with E-state index in [1.54, 1.807) is 0 Å². The highest BCUT2D eigenvalue weighted by atomic mass is 32.1. The maximum atomic E-state index is 13.2. The molecule has 0 saturated carbocycles. The lowest BCUT2D eigenvalue weighted by molar-refractivity contribution is 1.02. The smallest absolute Gasteiger partial charge is 0.104 e. The number of fused-ring (bicyclic) bond motifs is 18. The summed E-state index contributed by atoms with van der Waals surface area (Å²) in [5, 5.41) is 41.6. The Bertz CT molecular complexity index is 6230. The predicted molar refractivity (Wildman–Crippen MR) is 372 cm³/mol. The van der Waals surface area contributed by atoms with E-state index >= 15 is 0 Å². The van der Waals surface area contributed by atoms with Crippen LogP contribution in [-0.2, 0) is 0 Å². The van der Waals surface area contributed by atoms with Crippen LogP contribution in [0.1, 0.15) is 11.1 Å². The van der Waals surface area contributed by atoms with Gasteiger partial charge in [0.25, 0.3) is 0 Å². The molecule has 19 aromatic rings. The SMILES string of the molecule is N#Cc1c(-n2c3ccccc3c3ccccc32)c(-n2c3ccccc3c3ccccc32)c(C#N)c(-n2c3cc(-c4cccc5ccccc45)cc(-c4cccc5ccccc45)c3c3c4sc5ccccc5c4ccc32)c1-n1c2ccccc2c2ccccc21. The maximum Gasteiger partial charge on any atom is 0.104 e. The minimum Gasteiger partial charge on any atom is -0.306 e. The molecule has 0 aliphatic rings. The summed E-state index contributed by atoms with van der Waals surface area (Å²) in [4.78, 5) is 0. The largest absolute Gasteiger partial charge is 0.306 e. The molecule has 0 radical (unpaired) electrons. The van der Waals surface area contributed by atoms with Crippen LogP contribution in [0.5, 0.6) is 0 Å². The summed E-state index contributed by atoms with van der Waals surface area (Å²) in [6.45, 7) is 0. The summed E-state index contributed by atoms with van der Waals surface area (Å²) in [5.74, 6) is 0. The first-order valence-corrected chi connectivity index (χ1v) is 30.9. The van der Waals surface area contributed by atoms with E-state index < -0.39 is 0 Å². The molecule has 0 bridgehead atoms. The zero-order valence-electron chi connectivity index (χ0n) is 47.6. The molecule has 0 atom stereocenters. The first-order valence-electron chi connectivity index (χ1n) is 30.0. The number of thiophene rings is 1. The lowest BCUT2D eigenvalue weighted by Crippen LogP contribution is -2.16. The van der Waals surface area contributed by atoms with Crippen molar-refractivity contribution >= 4 is 140 Å². The number of para-hydroxylation sites is 6. The first kappa shape index (κ1) is 49.3. The Morgan fingerprint density at radius 3 is 1.07 bits per heavy atom. The molecule has 0 saturated heterocycles. The summed E-state index contributed by atoms with van der Waals surface area (Å²) in [5.41, 5.74) is 14.8. The van der Waals surface area contributed by atoms with Crippen LogP contribution >= 0.6 is 11.3 Å². The van der Waals surface area contributed by atoms with Gasteiger partial charge in [-0.2, -0.15) is 10.5 Å². The Hall–Kier alpha value is -12.0. The highest BCUT2D eigenvalue weighted by Crippen LogP contribution is 2.53. The zero-order valence-corrected chi connectivity index (χ0v) is 48.5. The van der Waals surface area contributed by atoms with Crippen molar-refractivity contribution < 1.29 is 0 Å². The third-order valence-corrected chi connectivity index (χ3v) is 20.0. The molecule has 0 aliphatic carbocycles. The molecule has 5 heterocycles. The number of rotatable bonds is 6. The maximum absolute atomic E-state index is 13.2. The normalized spacial score (nSPS) is 12.0. The minimum absolute atomic E-state index is 0.404. The van der Waals surface area contributed by atoms with E-state index in [4.69, 9.17) is 0 Å². The fourth-order valence-corrected chi connectivity index (χ4v) is 16.5. The topological polar surface area (TPSA) is 67.3 Å². The average Bonchev–Trinajstić information content (AvgIpc) is 1.58. The highest BCUT2D eigenvalue weighted by molar-refractivity contribution is 7.26. The molecular formula is C82H46N6S. The first-order chi connectivity index (χ1) is 44.1. The average molecular weight is 1150 g/mol. The molecule has 0 unspecified atom stereocenters. The van der Waals surface area contributed by atoms with E-state index in [2.05, 4.69) is 309 Å². The number of nitriles is 2. The fourth-order valence-electron chi connectivity index (χ4n) is 15.2. The molecule has 19 rings (SSSR count). The molecule has 0 N–H and O–H groups in total. The van der Waals surface area contributed by atoms with Crippen molar-refractivity contribution in [2.45, 2.75) is 0 Å². The van der Waals surface area contributed by atoms with Gasteiger partial charge in [0.05, 0.1) is 66.9 Å². The number of hydrogen-bond donors (Lipinski definition) is 0. The lowest BCUT2D eigenvalue weighted by atomic mass is 9.90. The van der Waals surface area contributed by atoms with Crippen molar-refractivity contribution in [3.63, 3.8) is 0 Å².